The Hall–Kier alpha value is -2.51. The van der Waals surface area contributed by atoms with E-state index in [2.05, 4.69) is 123 Å². The summed E-state index contributed by atoms with van der Waals surface area (Å²) in [6, 6.07) is 33.0. The first-order chi connectivity index (χ1) is 13.3. The molecule has 0 aromatic heterocycles. The number of allylic oxidation sites excluding steroid dienone is 3. The van der Waals surface area contributed by atoms with E-state index in [4.69, 9.17) is 0 Å². The quantitative estimate of drug-likeness (QED) is 0.366. The van der Waals surface area contributed by atoms with Crippen molar-refractivity contribution in [3.05, 3.63) is 114 Å². The second-order valence-electron chi connectivity index (χ2n) is 6.38. The molecule has 138 valence electrons. The van der Waals surface area contributed by atoms with E-state index in [1.54, 1.807) is 0 Å². The van der Waals surface area contributed by atoms with E-state index >= 15 is 0 Å². The van der Waals surface area contributed by atoms with Gasteiger partial charge in [0.1, 0.15) is 0 Å². The third-order valence-electron chi connectivity index (χ3n) is 4.57. The Kier molecular flexibility index (Phi) is 6.73. The number of hydrogen-bond acceptors (Lipinski definition) is 0. The van der Waals surface area contributed by atoms with Gasteiger partial charge in [0.05, 0.1) is 0 Å². The van der Waals surface area contributed by atoms with Crippen molar-refractivity contribution < 1.29 is 0 Å². The molecule has 0 radical (unpaired) electrons. The van der Waals surface area contributed by atoms with Crippen molar-refractivity contribution in [2.45, 2.75) is 41.4 Å². The van der Waals surface area contributed by atoms with Gasteiger partial charge in [-0.05, 0) is 54.1 Å². The van der Waals surface area contributed by atoms with Gasteiger partial charge in [0.25, 0.3) is 0 Å². The molecule has 0 aliphatic rings. The summed E-state index contributed by atoms with van der Waals surface area (Å²) < 4.78 is 0. The van der Waals surface area contributed by atoms with Gasteiger partial charge in [-0.2, -0.15) is 0 Å². The fourth-order valence-corrected chi connectivity index (χ4v) is 7.47. The zero-order valence-electron chi connectivity index (χ0n) is 16.2. The second kappa shape index (κ2) is 9.43. The highest BCUT2D eigenvalue weighted by Crippen LogP contribution is 2.73. The summed E-state index contributed by atoms with van der Waals surface area (Å²) in [6.07, 6.45) is 9.11. The van der Waals surface area contributed by atoms with Gasteiger partial charge in [-0.25, -0.2) is 0 Å². The van der Waals surface area contributed by atoms with Crippen LogP contribution in [0.2, 0.25) is 0 Å². The van der Waals surface area contributed by atoms with Gasteiger partial charge in [-0.15, -0.1) is 10.0 Å². The topological polar surface area (TPSA) is 0 Å². The highest BCUT2D eigenvalue weighted by atomic mass is 32.3. The van der Waals surface area contributed by atoms with Crippen LogP contribution in [-0.2, 0) is 0 Å². The third-order valence-corrected chi connectivity index (χ3v) is 8.51. The van der Waals surface area contributed by atoms with Crippen LogP contribution in [-0.4, -0.2) is 0 Å². The summed E-state index contributed by atoms with van der Waals surface area (Å²) in [5.41, 5.74) is 0. The zero-order chi connectivity index (χ0) is 19.0. The van der Waals surface area contributed by atoms with Crippen molar-refractivity contribution >= 4 is 10.0 Å². The molecular formula is C26H28S. The summed E-state index contributed by atoms with van der Waals surface area (Å²) in [7, 11) is -1.53. The van der Waals surface area contributed by atoms with Gasteiger partial charge in [0.2, 0.25) is 0 Å². The molecule has 0 spiro atoms. The molecule has 0 heterocycles. The first-order valence-electron chi connectivity index (χ1n) is 9.69. The molecule has 0 saturated heterocycles. The van der Waals surface area contributed by atoms with E-state index in [0.29, 0.717) is 0 Å². The minimum absolute atomic E-state index is 1.02. The molecule has 3 aromatic carbocycles. The first-order valence-corrected chi connectivity index (χ1v) is 11.3. The van der Waals surface area contributed by atoms with Crippen molar-refractivity contribution in [3.8, 4) is 0 Å². The van der Waals surface area contributed by atoms with E-state index in [-0.39, 0.29) is 0 Å². The Bertz CT molecular complexity index is 781. The van der Waals surface area contributed by atoms with Crippen LogP contribution >= 0.6 is 10.0 Å². The minimum Gasteiger partial charge on any atom is -0.133 e. The lowest BCUT2D eigenvalue weighted by atomic mass is 10.3. The zero-order valence-corrected chi connectivity index (χ0v) is 17.0. The molecule has 0 N–H and O–H groups in total. The molecule has 0 bridgehead atoms. The van der Waals surface area contributed by atoms with Gasteiger partial charge in [0.15, 0.2) is 0 Å². The molecular weight excluding hydrogens is 344 g/mol. The van der Waals surface area contributed by atoms with Crippen LogP contribution in [0.5, 0.6) is 0 Å². The summed E-state index contributed by atoms with van der Waals surface area (Å²) in [6.45, 7) is 4.43. The van der Waals surface area contributed by atoms with Gasteiger partial charge < -0.3 is 0 Å². The van der Waals surface area contributed by atoms with E-state index in [0.717, 1.165) is 12.8 Å². The fraction of sp³-hybridized carbons (Fsp3) is 0.154. The van der Waals surface area contributed by atoms with Crippen LogP contribution in [0.3, 0.4) is 0 Å². The van der Waals surface area contributed by atoms with E-state index in [9.17, 15) is 0 Å². The highest BCUT2D eigenvalue weighted by molar-refractivity contribution is 8.37. The summed E-state index contributed by atoms with van der Waals surface area (Å²) >= 11 is 0. The van der Waals surface area contributed by atoms with E-state index in [1.165, 1.54) is 19.6 Å². The van der Waals surface area contributed by atoms with Crippen LogP contribution < -0.4 is 0 Å². The molecule has 0 atom stereocenters. The lowest BCUT2D eigenvalue weighted by Gasteiger charge is -2.43. The SMILES string of the molecule is CC/C=C\C(=C/CC)S(c1ccccc1)(c1ccccc1)c1ccccc1. The monoisotopic (exact) mass is 372 g/mol. The fourth-order valence-electron chi connectivity index (χ4n) is 3.42. The second-order valence-corrected chi connectivity index (χ2v) is 9.49. The Morgan fingerprint density at radius 1 is 0.630 bits per heavy atom. The number of benzene rings is 3. The highest BCUT2D eigenvalue weighted by Gasteiger charge is 2.33. The molecule has 0 unspecified atom stereocenters. The molecule has 3 aromatic rings. The van der Waals surface area contributed by atoms with Crippen LogP contribution in [0.1, 0.15) is 26.7 Å². The molecule has 0 aliphatic heterocycles. The van der Waals surface area contributed by atoms with E-state index < -0.39 is 10.0 Å². The van der Waals surface area contributed by atoms with Crippen molar-refractivity contribution in [3.63, 3.8) is 0 Å². The molecule has 1 heteroatoms. The minimum atomic E-state index is -1.53. The summed E-state index contributed by atoms with van der Waals surface area (Å²) in [5, 5.41) is 0. The Balaban J connectivity index is 2.42. The molecule has 0 fully saturated rings. The predicted octanol–water partition coefficient (Wildman–Crippen LogP) is 8.23. The molecule has 0 nitrogen and oxygen atoms in total. The largest absolute Gasteiger partial charge is 0.133 e. The standard InChI is InChI=1S/C26H28S/c1-3-5-16-23(15-4-2)27(24-17-9-6-10-18-24,25-19-11-7-12-20-25)26-21-13-8-14-22-26/h5-22H,3-4H2,1-2H3/b16-5-,23-15+. The average Bonchev–Trinajstić information content (AvgIpc) is 2.75. The number of hydrogen-bond donors (Lipinski definition) is 0. The summed E-state index contributed by atoms with van der Waals surface area (Å²) in [4.78, 5) is 5.55. The lowest BCUT2D eigenvalue weighted by molar-refractivity contribution is 1.20. The average molecular weight is 373 g/mol. The summed E-state index contributed by atoms with van der Waals surface area (Å²) in [5.74, 6) is 0. The third kappa shape index (κ3) is 3.94. The van der Waals surface area contributed by atoms with Crippen molar-refractivity contribution in [2.75, 3.05) is 0 Å². The smallest absolute Gasteiger partial charge is 0.00228 e. The molecule has 0 saturated carbocycles. The Morgan fingerprint density at radius 3 is 1.37 bits per heavy atom. The molecule has 0 amide bonds. The van der Waals surface area contributed by atoms with Crippen LogP contribution in [0.4, 0.5) is 0 Å². The van der Waals surface area contributed by atoms with Crippen molar-refractivity contribution in [2.24, 2.45) is 0 Å². The van der Waals surface area contributed by atoms with Crippen molar-refractivity contribution in [1.82, 2.24) is 0 Å². The predicted molar refractivity (Wildman–Crippen MR) is 120 cm³/mol. The van der Waals surface area contributed by atoms with Crippen LogP contribution in [0, 0.1) is 0 Å². The lowest BCUT2D eigenvalue weighted by Crippen LogP contribution is -2.06. The van der Waals surface area contributed by atoms with Gasteiger partial charge in [-0.3, -0.25) is 0 Å². The van der Waals surface area contributed by atoms with Gasteiger partial charge in [0, 0.05) is 14.7 Å². The Labute approximate surface area is 165 Å². The van der Waals surface area contributed by atoms with E-state index in [1.807, 2.05) is 0 Å². The van der Waals surface area contributed by atoms with Crippen LogP contribution in [0.15, 0.2) is 129 Å². The molecule has 3 rings (SSSR count). The molecule has 0 aliphatic carbocycles. The Morgan fingerprint density at radius 2 is 1.04 bits per heavy atom. The van der Waals surface area contributed by atoms with Gasteiger partial charge in [-0.1, -0.05) is 86.7 Å². The van der Waals surface area contributed by atoms with Gasteiger partial charge >= 0.3 is 0 Å². The normalized spacial score (nSPS) is 13.0. The first kappa shape index (κ1) is 19.3. The maximum Gasteiger partial charge on any atom is 0.00228 e. The maximum atomic E-state index is 2.41. The molecule has 27 heavy (non-hydrogen) atoms. The maximum absolute atomic E-state index is 2.41. The van der Waals surface area contributed by atoms with Crippen LogP contribution in [0.25, 0.3) is 0 Å². The number of rotatable bonds is 7. The van der Waals surface area contributed by atoms with Crippen molar-refractivity contribution in [1.29, 1.82) is 0 Å².